The normalized spacial score (nSPS) is 11.4. The molecule has 0 aliphatic carbocycles. The van der Waals surface area contributed by atoms with E-state index in [4.69, 9.17) is 10.1 Å². The summed E-state index contributed by atoms with van der Waals surface area (Å²) < 4.78 is 6.50. The van der Waals surface area contributed by atoms with Crippen molar-refractivity contribution in [3.05, 3.63) is 175 Å². The summed E-state index contributed by atoms with van der Waals surface area (Å²) in [5, 5.41) is 28.5. The molecule has 53 heavy (non-hydrogen) atoms. The molecule has 246 valence electrons. The van der Waals surface area contributed by atoms with Crippen LogP contribution in [0.4, 0.5) is 0 Å². The summed E-state index contributed by atoms with van der Waals surface area (Å²) in [7, 11) is 0. The molecule has 0 bridgehead atoms. The molecule has 10 aromatic rings. The molecule has 10 rings (SSSR count). The van der Waals surface area contributed by atoms with Crippen molar-refractivity contribution >= 4 is 43.6 Å². The monoisotopic (exact) mass is 677 g/mol. The highest BCUT2D eigenvalue weighted by molar-refractivity contribution is 6.11. The van der Waals surface area contributed by atoms with Crippen LogP contribution >= 0.6 is 0 Å². The maximum Gasteiger partial charge on any atom is 0.182 e. The van der Waals surface area contributed by atoms with Gasteiger partial charge in [0, 0.05) is 44.0 Å². The molecule has 0 radical (unpaired) electrons. The first-order valence-electron chi connectivity index (χ1n) is 17.3. The van der Waals surface area contributed by atoms with Gasteiger partial charge in [0.05, 0.1) is 51.0 Å². The van der Waals surface area contributed by atoms with Gasteiger partial charge in [-0.2, -0.15) is 10.5 Å². The minimum Gasteiger partial charge on any atom is -0.309 e. The third-order valence-electron chi connectivity index (χ3n) is 9.98. The number of rotatable bonds is 5. The molecule has 7 heteroatoms. The molecule has 0 fully saturated rings. The summed E-state index contributed by atoms with van der Waals surface area (Å²) in [6, 6.07) is 59.8. The fourth-order valence-corrected chi connectivity index (χ4v) is 7.53. The molecule has 0 aliphatic rings. The summed E-state index contributed by atoms with van der Waals surface area (Å²) in [5.74, 6) is 1.19. The fourth-order valence-electron chi connectivity index (χ4n) is 7.53. The Kier molecular flexibility index (Phi) is 6.79. The van der Waals surface area contributed by atoms with E-state index in [1.807, 2.05) is 28.9 Å². The Bertz CT molecular complexity index is 3070. The van der Waals surface area contributed by atoms with Gasteiger partial charge in [0.1, 0.15) is 0 Å². The Labute approximate surface area is 304 Å². The van der Waals surface area contributed by atoms with Crippen LogP contribution in [0.3, 0.4) is 0 Å². The zero-order valence-electron chi connectivity index (χ0n) is 28.2. The van der Waals surface area contributed by atoms with Crippen LogP contribution in [0.25, 0.3) is 83.4 Å². The number of hydrogen-bond acceptors (Lipinski definition) is 4. The molecule has 3 heterocycles. The van der Waals surface area contributed by atoms with E-state index in [1.165, 1.54) is 10.8 Å². The van der Waals surface area contributed by atoms with Gasteiger partial charge in [-0.1, -0.05) is 72.8 Å². The van der Waals surface area contributed by atoms with Gasteiger partial charge in [0.25, 0.3) is 0 Å². The van der Waals surface area contributed by atoms with Crippen molar-refractivity contribution in [1.29, 1.82) is 10.5 Å². The molecule has 0 unspecified atom stereocenters. The summed E-state index contributed by atoms with van der Waals surface area (Å²) in [6.07, 6.45) is 0. The van der Waals surface area contributed by atoms with Gasteiger partial charge in [-0.3, -0.25) is 0 Å². The largest absolute Gasteiger partial charge is 0.309 e. The van der Waals surface area contributed by atoms with Crippen molar-refractivity contribution in [3.63, 3.8) is 0 Å². The minimum atomic E-state index is 0.536. The summed E-state index contributed by atoms with van der Waals surface area (Å²) in [6.45, 7) is 0. The molecule has 3 aromatic heterocycles. The van der Waals surface area contributed by atoms with Gasteiger partial charge in [-0.05, 0) is 91.0 Å². The molecule has 0 atom stereocenters. The average molecular weight is 678 g/mol. The summed E-state index contributed by atoms with van der Waals surface area (Å²) in [5.41, 5.74) is 10.2. The lowest BCUT2D eigenvalue weighted by molar-refractivity contribution is 0.890. The van der Waals surface area contributed by atoms with Crippen LogP contribution in [0.2, 0.25) is 0 Å². The number of benzene rings is 7. The van der Waals surface area contributed by atoms with Crippen LogP contribution in [0.15, 0.2) is 164 Å². The zero-order valence-corrected chi connectivity index (χ0v) is 28.2. The first-order valence-corrected chi connectivity index (χ1v) is 17.3. The summed E-state index contributed by atoms with van der Waals surface area (Å²) in [4.78, 5) is 5.09. The van der Waals surface area contributed by atoms with Crippen LogP contribution in [0.1, 0.15) is 11.1 Å². The van der Waals surface area contributed by atoms with Crippen LogP contribution in [-0.2, 0) is 0 Å². The summed E-state index contributed by atoms with van der Waals surface area (Å²) >= 11 is 0. The third kappa shape index (κ3) is 4.80. The molecule has 0 spiro atoms. The van der Waals surface area contributed by atoms with Gasteiger partial charge in [0.2, 0.25) is 0 Å². The molecule has 0 aliphatic heterocycles. The highest BCUT2D eigenvalue weighted by Gasteiger charge is 2.20. The van der Waals surface area contributed by atoms with Gasteiger partial charge >= 0.3 is 0 Å². The number of nitrogens with zero attached hydrogens (tertiary/aromatic N) is 7. The van der Waals surface area contributed by atoms with Crippen LogP contribution in [0, 0.1) is 22.7 Å². The van der Waals surface area contributed by atoms with Crippen LogP contribution in [-0.4, -0.2) is 23.9 Å². The zero-order chi connectivity index (χ0) is 35.5. The molecule has 0 N–H and O–H groups in total. The Balaban J connectivity index is 1.19. The van der Waals surface area contributed by atoms with Crippen molar-refractivity contribution < 1.29 is 0 Å². The molecular formula is C46H27N7. The predicted molar refractivity (Wildman–Crippen MR) is 210 cm³/mol. The number of nitriles is 2. The average Bonchev–Trinajstić information content (AvgIpc) is 3.92. The second kappa shape index (κ2) is 11.9. The lowest BCUT2D eigenvalue weighted by Gasteiger charge is -2.13. The Hall–Kier alpha value is -7.74. The molecular weight excluding hydrogens is 651 g/mol. The predicted octanol–water partition coefficient (Wildman–Crippen LogP) is 10.5. The van der Waals surface area contributed by atoms with E-state index in [1.54, 1.807) is 24.3 Å². The standard InChI is InChI=1S/C46H27N7/c47-28-30-16-20-32(21-17-30)45-49-46(53(50-45)34-23-18-31(29-48)19-24-34)33-22-25-40-39-12-3-6-15-43(39)52(44(40)26-33)36-9-7-8-35(27-36)51-41-13-4-1-10-37(41)38-11-2-5-14-42(38)51/h1-27H. The van der Waals surface area contributed by atoms with E-state index < -0.39 is 0 Å². The van der Waals surface area contributed by atoms with Crippen molar-refractivity contribution in [3.8, 4) is 52.0 Å². The van der Waals surface area contributed by atoms with Gasteiger partial charge < -0.3 is 9.13 Å². The van der Waals surface area contributed by atoms with Crippen molar-refractivity contribution in [2.75, 3.05) is 0 Å². The van der Waals surface area contributed by atoms with Crippen molar-refractivity contribution in [2.45, 2.75) is 0 Å². The highest BCUT2D eigenvalue weighted by Crippen LogP contribution is 2.37. The molecule has 0 saturated carbocycles. The number of para-hydroxylation sites is 3. The van der Waals surface area contributed by atoms with Gasteiger partial charge in [-0.15, -0.1) is 5.10 Å². The van der Waals surface area contributed by atoms with Crippen LogP contribution < -0.4 is 0 Å². The maximum absolute atomic E-state index is 9.46. The van der Waals surface area contributed by atoms with Crippen molar-refractivity contribution in [2.24, 2.45) is 0 Å². The third-order valence-corrected chi connectivity index (χ3v) is 9.98. The quantitative estimate of drug-likeness (QED) is 0.181. The van der Waals surface area contributed by atoms with E-state index in [0.717, 1.165) is 61.0 Å². The first kappa shape index (κ1) is 30.1. The van der Waals surface area contributed by atoms with Gasteiger partial charge in [0.15, 0.2) is 11.6 Å². The SMILES string of the molecule is N#Cc1ccc(-c2nc(-c3ccc4c5ccccc5n(-c5cccc(-n6c7ccccc7c7ccccc76)c5)c4c3)n(-c3ccc(C#N)cc3)n2)cc1. The van der Waals surface area contributed by atoms with E-state index in [9.17, 15) is 10.5 Å². The highest BCUT2D eigenvalue weighted by atomic mass is 15.4. The van der Waals surface area contributed by atoms with E-state index in [2.05, 4.69) is 137 Å². The molecule has 7 aromatic carbocycles. The van der Waals surface area contributed by atoms with E-state index >= 15 is 0 Å². The topological polar surface area (TPSA) is 88.1 Å². The van der Waals surface area contributed by atoms with E-state index in [-0.39, 0.29) is 0 Å². The lowest BCUT2D eigenvalue weighted by Crippen LogP contribution is -2.01. The Morgan fingerprint density at radius 1 is 0.415 bits per heavy atom. The Morgan fingerprint density at radius 3 is 1.47 bits per heavy atom. The van der Waals surface area contributed by atoms with Gasteiger partial charge in [-0.25, -0.2) is 9.67 Å². The minimum absolute atomic E-state index is 0.536. The maximum atomic E-state index is 9.46. The lowest BCUT2D eigenvalue weighted by atomic mass is 10.1. The van der Waals surface area contributed by atoms with E-state index in [0.29, 0.717) is 22.8 Å². The van der Waals surface area contributed by atoms with Crippen LogP contribution in [0.5, 0.6) is 0 Å². The molecule has 0 saturated heterocycles. The Morgan fingerprint density at radius 2 is 0.906 bits per heavy atom. The number of fused-ring (bicyclic) bond motifs is 6. The molecule has 7 nitrogen and oxygen atoms in total. The first-order chi connectivity index (χ1) is 26.2. The van der Waals surface area contributed by atoms with Crippen molar-refractivity contribution in [1.82, 2.24) is 23.9 Å². The number of hydrogen-bond donors (Lipinski definition) is 0. The number of aromatic nitrogens is 5. The molecule has 0 amide bonds. The fraction of sp³-hybridized carbons (Fsp3) is 0. The second-order valence-electron chi connectivity index (χ2n) is 13.0. The second-order valence-corrected chi connectivity index (χ2v) is 13.0. The smallest absolute Gasteiger partial charge is 0.182 e.